The van der Waals surface area contributed by atoms with Gasteiger partial charge in [-0.05, 0) is 56.0 Å². The highest BCUT2D eigenvalue weighted by Gasteiger charge is 2.34. The van der Waals surface area contributed by atoms with Gasteiger partial charge in [-0.25, -0.2) is 4.98 Å². The Labute approximate surface area is 171 Å². The van der Waals surface area contributed by atoms with Gasteiger partial charge in [0.05, 0.1) is 12.7 Å². The minimum Gasteiger partial charge on any atom is -0.376 e. The van der Waals surface area contributed by atoms with Crippen molar-refractivity contribution in [1.29, 1.82) is 0 Å². The number of ether oxygens (including phenoxy) is 1. The van der Waals surface area contributed by atoms with Gasteiger partial charge in [-0.15, -0.1) is 0 Å². The number of hydrogen-bond donors (Lipinski definition) is 0. The number of halogens is 2. The summed E-state index contributed by atoms with van der Waals surface area (Å²) in [5, 5.41) is 0.771. The molecule has 0 amide bonds. The largest absolute Gasteiger partial charge is 0.376 e. The van der Waals surface area contributed by atoms with Crippen LogP contribution in [0.4, 0.5) is 10.2 Å². The van der Waals surface area contributed by atoms with Gasteiger partial charge in [0.25, 0.3) is 0 Å². The Morgan fingerprint density at radius 3 is 2.61 bits per heavy atom. The maximum atomic E-state index is 13.4. The fraction of sp³-hybridized carbons (Fsp3) is 0.500. The first-order chi connectivity index (χ1) is 13.6. The van der Waals surface area contributed by atoms with Gasteiger partial charge in [-0.3, -0.25) is 4.90 Å². The monoisotopic (exact) mass is 403 g/mol. The van der Waals surface area contributed by atoms with Crippen LogP contribution in [0.2, 0.25) is 5.02 Å². The van der Waals surface area contributed by atoms with Crippen LogP contribution < -0.4 is 4.90 Å². The molecule has 4 nitrogen and oxygen atoms in total. The van der Waals surface area contributed by atoms with Crippen molar-refractivity contribution in [1.82, 2.24) is 9.88 Å². The third kappa shape index (κ3) is 4.65. The molecule has 0 bridgehead atoms. The average Bonchev–Trinajstić information content (AvgIpc) is 2.71. The quantitative estimate of drug-likeness (QED) is 0.716. The van der Waals surface area contributed by atoms with E-state index in [-0.39, 0.29) is 6.10 Å². The second-order valence-electron chi connectivity index (χ2n) is 7.86. The van der Waals surface area contributed by atoms with E-state index in [1.54, 1.807) is 6.07 Å². The van der Waals surface area contributed by atoms with E-state index in [2.05, 4.69) is 33.8 Å². The summed E-state index contributed by atoms with van der Waals surface area (Å²) in [6, 6.07) is 14.0. The Bertz CT molecular complexity index is 780. The van der Waals surface area contributed by atoms with Gasteiger partial charge in [0.15, 0.2) is 0 Å². The SMILES string of the molecule is C[C@H]1CN(C2CCN(c3cccc(F)n3)CC2)[C@@H](Cc2ccc(Cl)cc2)CO1. The molecule has 0 aliphatic carbocycles. The molecule has 0 saturated carbocycles. The lowest BCUT2D eigenvalue weighted by Crippen LogP contribution is -2.56. The number of aromatic nitrogens is 1. The van der Waals surface area contributed by atoms with Crippen molar-refractivity contribution in [2.24, 2.45) is 0 Å². The maximum Gasteiger partial charge on any atom is 0.214 e. The summed E-state index contributed by atoms with van der Waals surface area (Å²) in [6.45, 7) is 5.68. The summed E-state index contributed by atoms with van der Waals surface area (Å²) in [6.07, 6.45) is 3.34. The molecule has 2 saturated heterocycles. The van der Waals surface area contributed by atoms with Crippen molar-refractivity contribution in [3.8, 4) is 0 Å². The first-order valence-corrected chi connectivity index (χ1v) is 10.5. The van der Waals surface area contributed by atoms with Crippen LogP contribution >= 0.6 is 11.6 Å². The molecule has 2 aliphatic rings. The fourth-order valence-corrected chi connectivity index (χ4v) is 4.51. The van der Waals surface area contributed by atoms with Gasteiger partial charge < -0.3 is 9.64 Å². The van der Waals surface area contributed by atoms with Crippen LogP contribution in [-0.4, -0.2) is 54.3 Å². The van der Waals surface area contributed by atoms with Gasteiger partial charge in [0, 0.05) is 36.7 Å². The minimum absolute atomic E-state index is 0.254. The Kier molecular flexibility index (Phi) is 6.14. The lowest BCUT2D eigenvalue weighted by molar-refractivity contribution is -0.0745. The number of nitrogens with zero attached hydrogens (tertiary/aromatic N) is 3. The van der Waals surface area contributed by atoms with E-state index in [1.165, 1.54) is 11.6 Å². The van der Waals surface area contributed by atoms with E-state index in [9.17, 15) is 4.39 Å². The molecule has 1 aromatic carbocycles. The highest BCUT2D eigenvalue weighted by atomic mass is 35.5. The van der Waals surface area contributed by atoms with E-state index in [0.717, 1.165) is 56.3 Å². The van der Waals surface area contributed by atoms with E-state index in [0.29, 0.717) is 12.1 Å². The molecule has 0 unspecified atom stereocenters. The molecule has 2 fully saturated rings. The molecule has 3 heterocycles. The zero-order chi connectivity index (χ0) is 19.5. The Morgan fingerprint density at radius 2 is 1.89 bits per heavy atom. The van der Waals surface area contributed by atoms with Gasteiger partial charge in [0.1, 0.15) is 5.82 Å². The lowest BCUT2D eigenvalue weighted by Gasteiger charge is -2.46. The number of anilines is 1. The summed E-state index contributed by atoms with van der Waals surface area (Å²) < 4.78 is 19.4. The Balaban J connectivity index is 1.41. The minimum atomic E-state index is -0.412. The number of pyridine rings is 1. The smallest absolute Gasteiger partial charge is 0.214 e. The molecule has 2 aliphatic heterocycles. The van der Waals surface area contributed by atoms with Crippen molar-refractivity contribution >= 4 is 17.4 Å². The van der Waals surface area contributed by atoms with Crippen molar-refractivity contribution in [2.75, 3.05) is 31.1 Å². The second kappa shape index (κ2) is 8.76. The van der Waals surface area contributed by atoms with Crippen LogP contribution in [0.1, 0.15) is 25.3 Å². The molecule has 2 atom stereocenters. The van der Waals surface area contributed by atoms with E-state index < -0.39 is 5.95 Å². The van der Waals surface area contributed by atoms with Crippen molar-refractivity contribution in [2.45, 2.75) is 44.4 Å². The standard InChI is InChI=1S/C22H27ClFN3O/c1-16-14-27(20(15-28-16)13-17-5-7-18(23)8-6-17)19-9-11-26(12-10-19)22-4-2-3-21(24)25-22/h2-8,16,19-20H,9-15H2,1H3/t16-,20-/m0/s1. The zero-order valence-corrected chi connectivity index (χ0v) is 17.0. The van der Waals surface area contributed by atoms with E-state index in [1.807, 2.05) is 18.2 Å². The number of benzene rings is 1. The molecule has 28 heavy (non-hydrogen) atoms. The highest BCUT2D eigenvalue weighted by molar-refractivity contribution is 6.30. The van der Waals surface area contributed by atoms with Crippen LogP contribution in [0.5, 0.6) is 0 Å². The first-order valence-electron chi connectivity index (χ1n) is 10.1. The molecule has 0 spiro atoms. The fourth-order valence-electron chi connectivity index (χ4n) is 4.39. The van der Waals surface area contributed by atoms with Crippen LogP contribution in [-0.2, 0) is 11.2 Å². The maximum absolute atomic E-state index is 13.4. The number of rotatable bonds is 4. The van der Waals surface area contributed by atoms with Gasteiger partial charge in [-0.1, -0.05) is 29.8 Å². The number of hydrogen-bond acceptors (Lipinski definition) is 4. The van der Waals surface area contributed by atoms with E-state index >= 15 is 0 Å². The van der Waals surface area contributed by atoms with Gasteiger partial charge >= 0.3 is 0 Å². The third-order valence-electron chi connectivity index (χ3n) is 5.85. The summed E-state index contributed by atoms with van der Waals surface area (Å²) in [5.41, 5.74) is 1.29. The predicted octanol–water partition coefficient (Wildman–Crippen LogP) is 4.17. The predicted molar refractivity (Wildman–Crippen MR) is 110 cm³/mol. The lowest BCUT2D eigenvalue weighted by atomic mass is 9.96. The summed E-state index contributed by atoms with van der Waals surface area (Å²) in [4.78, 5) is 8.87. The van der Waals surface area contributed by atoms with Crippen LogP contribution in [0.15, 0.2) is 42.5 Å². The molecule has 0 radical (unpaired) electrons. The third-order valence-corrected chi connectivity index (χ3v) is 6.10. The molecule has 1 aromatic heterocycles. The molecule has 0 N–H and O–H groups in total. The Morgan fingerprint density at radius 1 is 1.14 bits per heavy atom. The van der Waals surface area contributed by atoms with E-state index in [4.69, 9.17) is 16.3 Å². The average molecular weight is 404 g/mol. The second-order valence-corrected chi connectivity index (χ2v) is 8.30. The molecule has 4 rings (SSSR count). The van der Waals surface area contributed by atoms with Crippen molar-refractivity contribution in [3.63, 3.8) is 0 Å². The summed E-state index contributed by atoms with van der Waals surface area (Å²) in [5.74, 6) is 0.330. The normalized spacial score (nSPS) is 24.5. The van der Waals surface area contributed by atoms with Crippen LogP contribution in [0.3, 0.4) is 0 Å². The van der Waals surface area contributed by atoms with Gasteiger partial charge in [0.2, 0.25) is 5.95 Å². The zero-order valence-electron chi connectivity index (χ0n) is 16.2. The van der Waals surface area contributed by atoms with Crippen molar-refractivity contribution < 1.29 is 9.13 Å². The molecular formula is C22H27ClFN3O. The van der Waals surface area contributed by atoms with Gasteiger partial charge in [-0.2, -0.15) is 4.39 Å². The summed E-state index contributed by atoms with van der Waals surface area (Å²) >= 11 is 6.03. The first kappa shape index (κ1) is 19.6. The Hall–Kier alpha value is -1.69. The molecule has 6 heteroatoms. The van der Waals surface area contributed by atoms with Crippen LogP contribution in [0, 0.1) is 5.95 Å². The molecular weight excluding hydrogens is 377 g/mol. The number of morpholine rings is 1. The highest BCUT2D eigenvalue weighted by Crippen LogP contribution is 2.27. The molecule has 2 aromatic rings. The van der Waals surface area contributed by atoms with Crippen molar-refractivity contribution in [3.05, 3.63) is 59.0 Å². The molecule has 150 valence electrons. The number of piperidine rings is 1. The summed E-state index contributed by atoms with van der Waals surface area (Å²) in [7, 11) is 0. The van der Waals surface area contributed by atoms with Crippen LogP contribution in [0.25, 0.3) is 0 Å². The topological polar surface area (TPSA) is 28.6 Å².